The average molecular weight is 455 g/mol. The molecular formula is C25H30N2O6. The normalized spacial score (nSPS) is 15.0. The largest absolute Gasteiger partial charge is 0.480 e. The minimum absolute atomic E-state index is 0.0969. The van der Waals surface area contributed by atoms with Crippen LogP contribution in [0.4, 0.5) is 4.79 Å². The molecule has 0 saturated carbocycles. The van der Waals surface area contributed by atoms with Crippen LogP contribution >= 0.6 is 0 Å². The van der Waals surface area contributed by atoms with Gasteiger partial charge in [-0.2, -0.15) is 0 Å². The van der Waals surface area contributed by atoms with E-state index in [1.165, 1.54) is 21.1 Å². The Morgan fingerprint density at radius 3 is 2.12 bits per heavy atom. The van der Waals surface area contributed by atoms with E-state index in [0.717, 1.165) is 27.2 Å². The number of fused-ring (bicyclic) bond motifs is 3. The van der Waals surface area contributed by atoms with E-state index in [0.29, 0.717) is 0 Å². The van der Waals surface area contributed by atoms with Crippen molar-refractivity contribution in [3.8, 4) is 11.1 Å². The highest BCUT2D eigenvalue weighted by atomic mass is 16.5. The van der Waals surface area contributed by atoms with Crippen molar-refractivity contribution >= 4 is 18.0 Å². The molecule has 1 aliphatic rings. The first-order valence-corrected chi connectivity index (χ1v) is 10.9. The number of methoxy groups -OCH3 is 1. The number of likely N-dealkylation sites (N-methyl/N-ethyl adjacent to an activating group) is 1. The molecule has 2 aromatic carbocycles. The molecule has 0 fully saturated rings. The Morgan fingerprint density at radius 2 is 1.64 bits per heavy atom. The lowest BCUT2D eigenvalue weighted by Crippen LogP contribution is -2.62. The minimum atomic E-state index is -1.49. The standard InChI is InChI=1S/C25H30N2O6/c1-5-21(22(28)29)27(3)23(30)25(2,15-32-4)26-24(31)33-14-20-18-12-8-6-10-16(18)17-11-7-9-13-19(17)20/h6-13,20-21H,5,14-15H2,1-4H3,(H,26,31)(H,28,29). The van der Waals surface area contributed by atoms with Crippen LogP contribution in [0.3, 0.4) is 0 Å². The molecule has 0 heterocycles. The summed E-state index contributed by atoms with van der Waals surface area (Å²) < 4.78 is 10.7. The van der Waals surface area contributed by atoms with E-state index in [-0.39, 0.29) is 25.6 Å². The van der Waals surface area contributed by atoms with Crippen LogP contribution in [0.15, 0.2) is 48.5 Å². The number of ether oxygens (including phenoxy) is 2. The molecule has 176 valence electrons. The Morgan fingerprint density at radius 1 is 1.09 bits per heavy atom. The summed E-state index contributed by atoms with van der Waals surface area (Å²) in [4.78, 5) is 38.4. The Balaban J connectivity index is 1.73. The lowest BCUT2D eigenvalue weighted by Gasteiger charge is -2.35. The number of hydrogen-bond acceptors (Lipinski definition) is 5. The number of amides is 2. The summed E-state index contributed by atoms with van der Waals surface area (Å²) in [5.41, 5.74) is 2.89. The number of carboxylic acid groups (broad SMARTS) is 1. The molecule has 2 atom stereocenters. The average Bonchev–Trinajstić information content (AvgIpc) is 3.11. The van der Waals surface area contributed by atoms with Gasteiger partial charge in [0, 0.05) is 20.1 Å². The molecule has 3 rings (SSSR count). The van der Waals surface area contributed by atoms with E-state index in [9.17, 15) is 19.5 Å². The number of rotatable bonds is 9. The molecular weight excluding hydrogens is 424 g/mol. The Bertz CT molecular complexity index is 994. The van der Waals surface area contributed by atoms with Crippen LogP contribution in [0.25, 0.3) is 11.1 Å². The van der Waals surface area contributed by atoms with Gasteiger partial charge < -0.3 is 24.8 Å². The summed E-state index contributed by atoms with van der Waals surface area (Å²) in [6.07, 6.45) is -0.549. The number of alkyl carbamates (subject to hydrolysis) is 1. The maximum Gasteiger partial charge on any atom is 0.408 e. The first kappa shape index (κ1) is 24.3. The molecule has 0 saturated heterocycles. The third kappa shape index (κ3) is 4.85. The fourth-order valence-electron chi connectivity index (χ4n) is 4.44. The number of hydrogen-bond donors (Lipinski definition) is 2. The van der Waals surface area contributed by atoms with Gasteiger partial charge in [0.25, 0.3) is 5.91 Å². The highest BCUT2D eigenvalue weighted by molar-refractivity contribution is 5.92. The molecule has 0 radical (unpaired) electrons. The minimum Gasteiger partial charge on any atom is -0.480 e. The highest BCUT2D eigenvalue weighted by Gasteiger charge is 2.41. The second kappa shape index (κ2) is 10.0. The van der Waals surface area contributed by atoms with Crippen molar-refractivity contribution in [1.82, 2.24) is 10.2 Å². The number of carboxylic acids is 1. The third-order valence-electron chi connectivity index (χ3n) is 6.09. The second-order valence-corrected chi connectivity index (χ2v) is 8.39. The fourth-order valence-corrected chi connectivity index (χ4v) is 4.44. The maximum atomic E-state index is 13.1. The second-order valence-electron chi connectivity index (χ2n) is 8.39. The van der Waals surface area contributed by atoms with Crippen LogP contribution in [0, 0.1) is 0 Å². The molecule has 0 aliphatic heterocycles. The predicted molar refractivity (Wildman–Crippen MR) is 123 cm³/mol. The van der Waals surface area contributed by atoms with Crippen molar-refractivity contribution in [2.24, 2.45) is 0 Å². The van der Waals surface area contributed by atoms with E-state index in [2.05, 4.69) is 5.32 Å². The Labute approximate surface area is 193 Å². The summed E-state index contributed by atoms with van der Waals surface area (Å²) >= 11 is 0. The monoisotopic (exact) mass is 454 g/mol. The smallest absolute Gasteiger partial charge is 0.408 e. The Kier molecular flexibility index (Phi) is 7.38. The van der Waals surface area contributed by atoms with Crippen LogP contribution in [-0.4, -0.2) is 66.9 Å². The molecule has 1 aliphatic carbocycles. The van der Waals surface area contributed by atoms with Gasteiger partial charge in [-0.3, -0.25) is 4.79 Å². The summed E-state index contributed by atoms with van der Waals surface area (Å²) in [7, 11) is 2.80. The van der Waals surface area contributed by atoms with Crippen molar-refractivity contribution < 1.29 is 29.0 Å². The molecule has 8 nitrogen and oxygen atoms in total. The molecule has 33 heavy (non-hydrogen) atoms. The molecule has 8 heteroatoms. The molecule has 0 spiro atoms. The van der Waals surface area contributed by atoms with Gasteiger partial charge in [0.2, 0.25) is 0 Å². The predicted octanol–water partition coefficient (Wildman–Crippen LogP) is 3.25. The van der Waals surface area contributed by atoms with E-state index < -0.39 is 29.6 Å². The first-order valence-electron chi connectivity index (χ1n) is 10.9. The van der Waals surface area contributed by atoms with Crippen LogP contribution in [-0.2, 0) is 19.1 Å². The van der Waals surface area contributed by atoms with Gasteiger partial charge in [-0.05, 0) is 35.6 Å². The lowest BCUT2D eigenvalue weighted by molar-refractivity contribution is -0.152. The maximum absolute atomic E-state index is 13.1. The molecule has 2 aromatic rings. The van der Waals surface area contributed by atoms with Gasteiger partial charge in [0.15, 0.2) is 0 Å². The molecule has 0 aromatic heterocycles. The van der Waals surface area contributed by atoms with E-state index in [4.69, 9.17) is 9.47 Å². The van der Waals surface area contributed by atoms with Crippen molar-refractivity contribution in [2.75, 3.05) is 27.4 Å². The molecule has 2 amide bonds. The highest BCUT2D eigenvalue weighted by Crippen LogP contribution is 2.44. The third-order valence-corrected chi connectivity index (χ3v) is 6.09. The van der Waals surface area contributed by atoms with Crippen molar-refractivity contribution in [2.45, 2.75) is 37.8 Å². The SMILES string of the molecule is CCC(C(=O)O)N(C)C(=O)C(C)(COC)NC(=O)OCC1c2ccccc2-c2ccccc21. The van der Waals surface area contributed by atoms with E-state index >= 15 is 0 Å². The van der Waals surface area contributed by atoms with E-state index in [1.54, 1.807) is 6.92 Å². The first-order chi connectivity index (χ1) is 15.7. The van der Waals surface area contributed by atoms with Gasteiger partial charge in [-0.25, -0.2) is 9.59 Å². The van der Waals surface area contributed by atoms with Gasteiger partial charge >= 0.3 is 12.1 Å². The lowest BCUT2D eigenvalue weighted by atomic mass is 9.98. The van der Waals surface area contributed by atoms with Gasteiger partial charge in [0.1, 0.15) is 18.2 Å². The molecule has 0 bridgehead atoms. The quantitative estimate of drug-likeness (QED) is 0.603. The van der Waals surface area contributed by atoms with Crippen LogP contribution in [0.5, 0.6) is 0 Å². The zero-order chi connectivity index (χ0) is 24.2. The summed E-state index contributed by atoms with van der Waals surface area (Å²) in [5.74, 6) is -1.81. The summed E-state index contributed by atoms with van der Waals surface area (Å²) in [6, 6.07) is 15.0. The number of carbonyl (C=O) groups is 3. The zero-order valence-electron chi connectivity index (χ0n) is 19.3. The number of nitrogens with one attached hydrogen (secondary N) is 1. The topological polar surface area (TPSA) is 105 Å². The van der Waals surface area contributed by atoms with Gasteiger partial charge in [0.05, 0.1) is 6.61 Å². The van der Waals surface area contributed by atoms with Crippen molar-refractivity contribution in [3.05, 3.63) is 59.7 Å². The van der Waals surface area contributed by atoms with Crippen LogP contribution < -0.4 is 5.32 Å². The van der Waals surface area contributed by atoms with Gasteiger partial charge in [-0.1, -0.05) is 55.5 Å². The summed E-state index contributed by atoms with van der Waals surface area (Å²) in [5, 5.41) is 12.0. The number of nitrogens with zero attached hydrogens (tertiary/aromatic N) is 1. The zero-order valence-corrected chi connectivity index (χ0v) is 19.3. The molecule has 2 N–H and O–H groups in total. The molecule has 2 unspecified atom stereocenters. The summed E-state index contributed by atoms with van der Waals surface area (Å²) in [6.45, 7) is 3.12. The Hall–Kier alpha value is -3.39. The fraction of sp³-hybridized carbons (Fsp3) is 0.400. The number of carbonyl (C=O) groups excluding carboxylic acids is 2. The van der Waals surface area contributed by atoms with Crippen LogP contribution in [0.2, 0.25) is 0 Å². The number of benzene rings is 2. The van der Waals surface area contributed by atoms with Gasteiger partial charge in [-0.15, -0.1) is 0 Å². The van der Waals surface area contributed by atoms with Crippen molar-refractivity contribution in [3.63, 3.8) is 0 Å². The van der Waals surface area contributed by atoms with Crippen molar-refractivity contribution in [1.29, 1.82) is 0 Å². The van der Waals surface area contributed by atoms with Crippen LogP contribution in [0.1, 0.15) is 37.3 Å². The number of aliphatic carboxylic acids is 1. The van der Waals surface area contributed by atoms with E-state index in [1.807, 2.05) is 48.5 Å².